The van der Waals surface area contributed by atoms with E-state index in [1.54, 1.807) is 12.1 Å². The van der Waals surface area contributed by atoms with Crippen LogP contribution in [0.5, 0.6) is 11.5 Å². The van der Waals surface area contributed by atoms with E-state index in [0.29, 0.717) is 12.0 Å². The van der Waals surface area contributed by atoms with Gasteiger partial charge in [0.1, 0.15) is 5.39 Å². The van der Waals surface area contributed by atoms with Crippen LogP contribution >= 0.6 is 0 Å². The third-order valence-corrected chi connectivity index (χ3v) is 5.50. The smallest absolute Gasteiger partial charge is 0.335 e. The van der Waals surface area contributed by atoms with Crippen molar-refractivity contribution < 1.29 is 33.0 Å². The van der Waals surface area contributed by atoms with Crippen LogP contribution < -0.4 is 20.3 Å². The van der Waals surface area contributed by atoms with Gasteiger partial charge in [0.15, 0.2) is 29.0 Å². The average molecular weight is 509 g/mol. The van der Waals surface area contributed by atoms with Gasteiger partial charge in [-0.15, -0.1) is 0 Å². The fraction of sp³-hybridized carbons (Fsp3) is 0.154. The molecular formula is C26H21F2N3O6. The zero-order chi connectivity index (χ0) is 26.5. The predicted octanol–water partition coefficient (Wildman–Crippen LogP) is 3.46. The van der Waals surface area contributed by atoms with Gasteiger partial charge in [0, 0.05) is 13.0 Å². The third kappa shape index (κ3) is 5.72. The maximum absolute atomic E-state index is 14.5. The minimum Gasteiger partial charge on any atom is -0.494 e. The minimum atomic E-state index is -1.05. The molecule has 0 aliphatic heterocycles. The molecule has 3 aromatic carbocycles. The molecule has 3 N–H and O–H groups in total. The molecule has 0 fully saturated rings. The number of halogens is 2. The summed E-state index contributed by atoms with van der Waals surface area (Å²) in [7, 11) is 1.32. The van der Waals surface area contributed by atoms with Gasteiger partial charge in [-0.3, -0.25) is 9.59 Å². The van der Waals surface area contributed by atoms with E-state index in [2.05, 4.69) is 15.3 Å². The van der Waals surface area contributed by atoms with Gasteiger partial charge in [-0.2, -0.15) is 0 Å². The van der Waals surface area contributed by atoms with E-state index >= 15 is 0 Å². The Morgan fingerprint density at radius 2 is 1.73 bits per heavy atom. The van der Waals surface area contributed by atoms with E-state index in [1.165, 1.54) is 43.5 Å². The Balaban J connectivity index is 1.49. The van der Waals surface area contributed by atoms with Crippen molar-refractivity contribution in [2.24, 2.45) is 0 Å². The number of ether oxygens (including phenoxy) is 2. The topological polar surface area (TPSA) is 131 Å². The first-order valence-electron chi connectivity index (χ1n) is 11.0. The second-order valence-electron chi connectivity index (χ2n) is 7.94. The summed E-state index contributed by atoms with van der Waals surface area (Å²) in [6, 6.07) is 12.6. The highest BCUT2D eigenvalue weighted by Gasteiger charge is 2.18. The van der Waals surface area contributed by atoms with Gasteiger partial charge in [0.2, 0.25) is 0 Å². The van der Waals surface area contributed by atoms with Crippen LogP contribution in [0, 0.1) is 11.6 Å². The molecule has 0 spiro atoms. The van der Waals surface area contributed by atoms with Crippen LogP contribution in [0.3, 0.4) is 0 Å². The molecule has 1 aromatic heterocycles. The number of aromatic carboxylic acids is 1. The number of carbonyl (C=O) groups is 2. The highest BCUT2D eigenvalue weighted by Crippen LogP contribution is 2.25. The molecule has 1 amide bonds. The van der Waals surface area contributed by atoms with Crippen LogP contribution in [-0.2, 0) is 13.0 Å². The number of nitrogens with one attached hydrogen (secondary N) is 2. The molecule has 0 aliphatic carbocycles. The first-order valence-corrected chi connectivity index (χ1v) is 11.0. The molecule has 0 bridgehead atoms. The number of methoxy groups -OCH3 is 1. The van der Waals surface area contributed by atoms with Crippen molar-refractivity contribution in [2.75, 3.05) is 13.7 Å². The number of carboxylic acids is 1. The minimum absolute atomic E-state index is 0.00522. The number of aromatic amines is 1. The number of nitrogens with zero attached hydrogens (tertiary/aromatic N) is 1. The third-order valence-electron chi connectivity index (χ3n) is 5.50. The lowest BCUT2D eigenvalue weighted by Crippen LogP contribution is -2.27. The lowest BCUT2D eigenvalue weighted by molar-refractivity contribution is 0.0696. The van der Waals surface area contributed by atoms with E-state index in [-0.39, 0.29) is 46.9 Å². The molecule has 9 nitrogen and oxygen atoms in total. The Hall–Kier alpha value is -4.80. The number of hydrogen-bond donors (Lipinski definition) is 3. The zero-order valence-corrected chi connectivity index (χ0v) is 19.5. The van der Waals surface area contributed by atoms with Crippen LogP contribution in [0.1, 0.15) is 32.1 Å². The monoisotopic (exact) mass is 509 g/mol. The van der Waals surface area contributed by atoms with Crippen LogP contribution in [0.4, 0.5) is 8.78 Å². The Labute approximate surface area is 208 Å². The summed E-state index contributed by atoms with van der Waals surface area (Å²) in [5.74, 6) is -3.63. The number of H-pyrrole nitrogens is 1. The summed E-state index contributed by atoms with van der Waals surface area (Å²) in [6.45, 7) is 0.0215. The first-order chi connectivity index (χ1) is 17.8. The van der Waals surface area contributed by atoms with Crippen LogP contribution in [0.15, 0.2) is 59.4 Å². The summed E-state index contributed by atoms with van der Waals surface area (Å²) in [6.07, 6.45) is 0.329. The molecule has 11 heteroatoms. The van der Waals surface area contributed by atoms with Crippen molar-refractivity contribution in [3.8, 4) is 11.5 Å². The standard InChI is InChI=1S/C26H21F2N3O6/c1-36-20-12-15(4-7-17(20)27)13-29-25(33)23-30-19-9-8-18(28)22(21(19)24(32)31-23)37-11-10-14-2-5-16(6-3-14)26(34)35/h2-9,12H,10-11,13H2,1H3,(H,29,33)(H,34,35)(H,30,31,32). The normalized spacial score (nSPS) is 10.8. The van der Waals surface area contributed by atoms with E-state index < -0.39 is 29.1 Å². The molecular weight excluding hydrogens is 488 g/mol. The van der Waals surface area contributed by atoms with Gasteiger partial charge < -0.3 is 24.9 Å². The number of rotatable bonds is 9. The van der Waals surface area contributed by atoms with E-state index in [0.717, 1.165) is 11.6 Å². The van der Waals surface area contributed by atoms with Crippen molar-refractivity contribution in [3.05, 3.63) is 99.1 Å². The van der Waals surface area contributed by atoms with Crippen molar-refractivity contribution >= 4 is 22.8 Å². The maximum Gasteiger partial charge on any atom is 0.335 e. The predicted molar refractivity (Wildman–Crippen MR) is 129 cm³/mol. The molecule has 4 aromatic rings. The second-order valence-corrected chi connectivity index (χ2v) is 7.94. The van der Waals surface area contributed by atoms with E-state index in [4.69, 9.17) is 14.6 Å². The highest BCUT2D eigenvalue weighted by atomic mass is 19.1. The quantitative estimate of drug-likeness (QED) is 0.315. The summed E-state index contributed by atoms with van der Waals surface area (Å²) in [5.41, 5.74) is 0.749. The molecule has 0 saturated heterocycles. The molecule has 0 aliphatic rings. The SMILES string of the molecule is COc1cc(CNC(=O)c2nc3ccc(F)c(OCCc4ccc(C(=O)O)cc4)c3c(=O)[nH]2)ccc1F. The Bertz CT molecular complexity index is 1540. The van der Waals surface area contributed by atoms with E-state index in [9.17, 15) is 23.2 Å². The first kappa shape index (κ1) is 25.3. The fourth-order valence-electron chi connectivity index (χ4n) is 3.59. The van der Waals surface area contributed by atoms with Crippen molar-refractivity contribution in [3.63, 3.8) is 0 Å². The Morgan fingerprint density at radius 3 is 2.43 bits per heavy atom. The van der Waals surface area contributed by atoms with Gasteiger partial charge in [-0.05, 0) is 47.5 Å². The Morgan fingerprint density at radius 1 is 1.03 bits per heavy atom. The number of fused-ring (bicyclic) bond motifs is 1. The summed E-state index contributed by atoms with van der Waals surface area (Å²) in [4.78, 5) is 42.8. The van der Waals surface area contributed by atoms with Gasteiger partial charge in [-0.1, -0.05) is 18.2 Å². The molecule has 1 heterocycles. The van der Waals surface area contributed by atoms with Gasteiger partial charge in [0.25, 0.3) is 11.5 Å². The number of carbonyl (C=O) groups excluding carboxylic acids is 1. The van der Waals surface area contributed by atoms with Crippen LogP contribution in [0.2, 0.25) is 0 Å². The number of hydrogen-bond acceptors (Lipinski definition) is 6. The molecule has 37 heavy (non-hydrogen) atoms. The van der Waals surface area contributed by atoms with E-state index in [1.807, 2.05) is 0 Å². The number of carboxylic acid groups (broad SMARTS) is 1. The Kier molecular flexibility index (Phi) is 7.42. The fourth-order valence-corrected chi connectivity index (χ4v) is 3.59. The van der Waals surface area contributed by atoms with Crippen LogP contribution in [0.25, 0.3) is 10.9 Å². The largest absolute Gasteiger partial charge is 0.494 e. The second kappa shape index (κ2) is 10.9. The molecule has 0 unspecified atom stereocenters. The van der Waals surface area contributed by atoms with Crippen molar-refractivity contribution in [2.45, 2.75) is 13.0 Å². The molecule has 0 atom stereocenters. The van der Waals surface area contributed by atoms with Gasteiger partial charge >= 0.3 is 5.97 Å². The maximum atomic E-state index is 14.5. The van der Waals surface area contributed by atoms with Crippen molar-refractivity contribution in [1.82, 2.24) is 15.3 Å². The molecule has 0 saturated carbocycles. The molecule has 0 radical (unpaired) electrons. The lowest BCUT2D eigenvalue weighted by atomic mass is 10.1. The lowest BCUT2D eigenvalue weighted by Gasteiger charge is -2.11. The number of benzene rings is 3. The highest BCUT2D eigenvalue weighted by molar-refractivity contribution is 5.93. The summed E-state index contributed by atoms with van der Waals surface area (Å²) >= 11 is 0. The number of amides is 1. The molecule has 4 rings (SSSR count). The summed E-state index contributed by atoms with van der Waals surface area (Å²) < 4.78 is 38.6. The van der Waals surface area contributed by atoms with Crippen molar-refractivity contribution in [1.29, 1.82) is 0 Å². The number of aromatic nitrogens is 2. The van der Waals surface area contributed by atoms with Gasteiger partial charge in [-0.25, -0.2) is 18.6 Å². The average Bonchev–Trinajstić information content (AvgIpc) is 2.89. The molecule has 190 valence electrons. The zero-order valence-electron chi connectivity index (χ0n) is 19.5. The van der Waals surface area contributed by atoms with Crippen LogP contribution in [-0.4, -0.2) is 40.7 Å². The summed E-state index contributed by atoms with van der Waals surface area (Å²) in [5, 5.41) is 11.4. The van der Waals surface area contributed by atoms with Gasteiger partial charge in [0.05, 0.1) is 24.8 Å².